The van der Waals surface area contributed by atoms with Crippen LogP contribution in [0.1, 0.15) is 18.1 Å². The minimum absolute atomic E-state index is 0.137. The molecular weight excluding hydrogens is 360 g/mol. The van der Waals surface area contributed by atoms with Crippen molar-refractivity contribution in [3.8, 4) is 0 Å². The highest BCUT2D eigenvalue weighted by molar-refractivity contribution is 8.00. The second kappa shape index (κ2) is 10.5. The number of esters is 1. The highest BCUT2D eigenvalue weighted by Gasteiger charge is 2.39. The zero-order valence-corrected chi connectivity index (χ0v) is 16.4. The van der Waals surface area contributed by atoms with Crippen LogP contribution in [0.4, 0.5) is 0 Å². The summed E-state index contributed by atoms with van der Waals surface area (Å²) < 4.78 is 17.4. The van der Waals surface area contributed by atoms with Crippen LogP contribution < -0.4 is 0 Å². The maximum absolute atomic E-state index is 11.4. The predicted octanol–water partition coefficient (Wildman–Crippen LogP) is 4.29. The molecule has 5 heteroatoms. The van der Waals surface area contributed by atoms with Gasteiger partial charge in [0, 0.05) is 24.5 Å². The number of hydrogen-bond donors (Lipinski definition) is 0. The molecule has 0 spiro atoms. The van der Waals surface area contributed by atoms with Gasteiger partial charge in [-0.25, -0.2) is 0 Å². The average molecular weight is 387 g/mol. The topological polar surface area (TPSA) is 44.8 Å². The van der Waals surface area contributed by atoms with Crippen molar-refractivity contribution in [3.05, 3.63) is 71.8 Å². The first-order valence-corrected chi connectivity index (χ1v) is 10.3. The molecule has 3 atom stereocenters. The molecule has 1 unspecified atom stereocenters. The first-order valence-electron chi connectivity index (χ1n) is 9.24. The third-order valence-electron chi connectivity index (χ3n) is 4.58. The minimum Gasteiger partial charge on any atom is -0.451 e. The SMILES string of the molecule is CC(=O)OC1SC[C@@H](COCc2ccccc2)[C@H]1COCc1ccccc1. The van der Waals surface area contributed by atoms with Crippen molar-refractivity contribution in [1.82, 2.24) is 0 Å². The van der Waals surface area contributed by atoms with Crippen LogP contribution in [0.5, 0.6) is 0 Å². The zero-order valence-electron chi connectivity index (χ0n) is 15.6. The quantitative estimate of drug-likeness (QED) is 0.602. The van der Waals surface area contributed by atoms with Crippen LogP contribution in [0.2, 0.25) is 0 Å². The summed E-state index contributed by atoms with van der Waals surface area (Å²) in [4.78, 5) is 11.4. The Bertz CT molecular complexity index is 692. The van der Waals surface area contributed by atoms with E-state index in [2.05, 4.69) is 12.1 Å². The number of benzene rings is 2. The fourth-order valence-electron chi connectivity index (χ4n) is 3.15. The first-order chi connectivity index (χ1) is 13.2. The van der Waals surface area contributed by atoms with E-state index in [-0.39, 0.29) is 17.3 Å². The summed E-state index contributed by atoms with van der Waals surface area (Å²) in [5.74, 6) is 1.11. The third-order valence-corrected chi connectivity index (χ3v) is 5.97. The van der Waals surface area contributed by atoms with Gasteiger partial charge in [-0.1, -0.05) is 60.7 Å². The van der Waals surface area contributed by atoms with Gasteiger partial charge in [-0.05, 0) is 11.1 Å². The lowest BCUT2D eigenvalue weighted by atomic mass is 9.96. The van der Waals surface area contributed by atoms with Gasteiger partial charge in [0.25, 0.3) is 0 Å². The summed E-state index contributed by atoms with van der Waals surface area (Å²) in [6.45, 7) is 3.81. The van der Waals surface area contributed by atoms with Crippen LogP contribution in [0.3, 0.4) is 0 Å². The van der Waals surface area contributed by atoms with Gasteiger partial charge in [-0.3, -0.25) is 4.79 Å². The smallest absolute Gasteiger partial charge is 0.303 e. The summed E-state index contributed by atoms with van der Waals surface area (Å²) in [7, 11) is 0. The first kappa shape index (κ1) is 19.9. The molecule has 1 saturated heterocycles. The van der Waals surface area contributed by atoms with Crippen LogP contribution in [-0.4, -0.2) is 30.4 Å². The van der Waals surface area contributed by atoms with Crippen molar-refractivity contribution in [3.63, 3.8) is 0 Å². The molecule has 1 aliphatic rings. The number of hydrogen-bond acceptors (Lipinski definition) is 5. The van der Waals surface area contributed by atoms with E-state index >= 15 is 0 Å². The number of carbonyl (C=O) groups is 1. The van der Waals surface area contributed by atoms with E-state index in [0.717, 1.165) is 16.9 Å². The monoisotopic (exact) mass is 386 g/mol. The lowest BCUT2D eigenvalue weighted by molar-refractivity contribution is -0.145. The maximum Gasteiger partial charge on any atom is 0.303 e. The van der Waals surface area contributed by atoms with Gasteiger partial charge in [0.2, 0.25) is 0 Å². The Labute approximate surface area is 165 Å². The van der Waals surface area contributed by atoms with E-state index in [1.807, 2.05) is 48.5 Å². The molecule has 2 aromatic rings. The lowest BCUT2D eigenvalue weighted by Gasteiger charge is -2.23. The number of carbonyl (C=O) groups excluding carboxylic acids is 1. The molecule has 2 aromatic carbocycles. The molecule has 1 heterocycles. The van der Waals surface area contributed by atoms with E-state index in [4.69, 9.17) is 14.2 Å². The zero-order chi connectivity index (χ0) is 18.9. The Morgan fingerprint density at radius 1 is 0.926 bits per heavy atom. The highest BCUT2D eigenvalue weighted by Crippen LogP contribution is 2.38. The average Bonchev–Trinajstić information content (AvgIpc) is 3.04. The van der Waals surface area contributed by atoms with E-state index in [0.29, 0.717) is 32.3 Å². The summed E-state index contributed by atoms with van der Waals surface area (Å²) >= 11 is 1.68. The fourth-order valence-corrected chi connectivity index (χ4v) is 4.68. The summed E-state index contributed by atoms with van der Waals surface area (Å²) in [6.07, 6.45) is 0. The third kappa shape index (κ3) is 6.38. The normalized spacial score (nSPS) is 21.9. The van der Waals surface area contributed by atoms with Crippen molar-refractivity contribution in [2.24, 2.45) is 11.8 Å². The largest absolute Gasteiger partial charge is 0.451 e. The molecule has 3 rings (SSSR count). The van der Waals surface area contributed by atoms with Crippen molar-refractivity contribution in [1.29, 1.82) is 0 Å². The van der Waals surface area contributed by atoms with Gasteiger partial charge in [-0.15, -0.1) is 11.8 Å². The Morgan fingerprint density at radius 3 is 2.04 bits per heavy atom. The number of rotatable bonds is 9. The fraction of sp³-hybridized carbons (Fsp3) is 0.409. The molecule has 0 N–H and O–H groups in total. The van der Waals surface area contributed by atoms with Gasteiger partial charge >= 0.3 is 5.97 Å². The van der Waals surface area contributed by atoms with Crippen LogP contribution >= 0.6 is 11.8 Å². The second-order valence-corrected chi connectivity index (χ2v) is 7.87. The molecule has 144 valence electrons. The Hall–Kier alpha value is -1.82. The molecule has 1 fully saturated rings. The van der Waals surface area contributed by atoms with Crippen LogP contribution in [0.25, 0.3) is 0 Å². The lowest BCUT2D eigenvalue weighted by Crippen LogP contribution is -2.30. The standard InChI is InChI=1S/C22H26O4S/c1-17(23)26-22-21(15-25-13-19-10-6-3-7-11-19)20(16-27-22)14-24-12-18-8-4-2-5-9-18/h2-11,20-22H,12-16H2,1H3/t20-,21-,22?/m1/s1. The molecule has 0 radical (unpaired) electrons. The number of thioether (sulfide) groups is 1. The molecule has 0 aromatic heterocycles. The van der Waals surface area contributed by atoms with Gasteiger partial charge in [0.05, 0.1) is 26.4 Å². The Morgan fingerprint density at radius 2 is 1.48 bits per heavy atom. The van der Waals surface area contributed by atoms with E-state index in [1.165, 1.54) is 6.92 Å². The molecule has 0 aliphatic carbocycles. The molecule has 4 nitrogen and oxygen atoms in total. The van der Waals surface area contributed by atoms with Crippen molar-refractivity contribution >= 4 is 17.7 Å². The molecule has 0 saturated carbocycles. The number of ether oxygens (including phenoxy) is 3. The van der Waals surface area contributed by atoms with Gasteiger partial charge < -0.3 is 14.2 Å². The molecule has 27 heavy (non-hydrogen) atoms. The molecule has 1 aliphatic heterocycles. The van der Waals surface area contributed by atoms with Crippen LogP contribution in [-0.2, 0) is 32.2 Å². The Balaban J connectivity index is 1.51. The van der Waals surface area contributed by atoms with Crippen LogP contribution in [0.15, 0.2) is 60.7 Å². The molecular formula is C22H26O4S. The summed E-state index contributed by atoms with van der Waals surface area (Å²) in [5, 5.41) is 0. The van der Waals surface area contributed by atoms with E-state index in [9.17, 15) is 4.79 Å². The summed E-state index contributed by atoms with van der Waals surface area (Å²) in [5.41, 5.74) is 2.14. The maximum atomic E-state index is 11.4. The second-order valence-electron chi connectivity index (χ2n) is 6.74. The minimum atomic E-state index is -0.244. The Kier molecular flexibility index (Phi) is 7.75. The van der Waals surface area contributed by atoms with E-state index in [1.54, 1.807) is 11.8 Å². The van der Waals surface area contributed by atoms with Gasteiger partial charge in [0.15, 0.2) is 5.44 Å². The predicted molar refractivity (Wildman–Crippen MR) is 107 cm³/mol. The van der Waals surface area contributed by atoms with Crippen molar-refractivity contribution in [2.75, 3.05) is 19.0 Å². The molecule has 0 bridgehead atoms. The van der Waals surface area contributed by atoms with Gasteiger partial charge in [0.1, 0.15) is 0 Å². The molecule has 0 amide bonds. The van der Waals surface area contributed by atoms with Crippen molar-refractivity contribution < 1.29 is 19.0 Å². The van der Waals surface area contributed by atoms with Crippen LogP contribution in [0, 0.1) is 11.8 Å². The highest BCUT2D eigenvalue weighted by atomic mass is 32.2. The summed E-state index contributed by atoms with van der Waals surface area (Å²) in [6, 6.07) is 20.3. The van der Waals surface area contributed by atoms with E-state index < -0.39 is 0 Å². The van der Waals surface area contributed by atoms with Crippen molar-refractivity contribution in [2.45, 2.75) is 25.6 Å². The van der Waals surface area contributed by atoms with Gasteiger partial charge in [-0.2, -0.15) is 0 Å².